The third kappa shape index (κ3) is 2.49. The minimum Gasteiger partial charge on any atom is -0.481 e. The van der Waals surface area contributed by atoms with E-state index in [0.29, 0.717) is 6.42 Å². The molecule has 1 N–H and O–H groups in total. The molecule has 0 radical (unpaired) electrons. The van der Waals surface area contributed by atoms with Crippen molar-refractivity contribution in [1.29, 1.82) is 0 Å². The summed E-state index contributed by atoms with van der Waals surface area (Å²) in [5.74, 6) is -1.19. The van der Waals surface area contributed by atoms with E-state index in [-0.39, 0.29) is 0 Å². The molecule has 16 heavy (non-hydrogen) atoms. The molecule has 2 nitrogen and oxygen atoms in total. The molecule has 3 heteroatoms. The third-order valence-electron chi connectivity index (χ3n) is 2.47. The number of aliphatic carboxylic acids is 1. The fraction of sp³-hybridized carbons (Fsp3) is 0.154. The second-order valence-corrected chi connectivity index (χ2v) is 4.58. The molecule has 1 atom stereocenters. The van der Waals surface area contributed by atoms with Gasteiger partial charge in [0.15, 0.2) is 0 Å². The quantitative estimate of drug-likeness (QED) is 0.879. The summed E-state index contributed by atoms with van der Waals surface area (Å²) in [6.45, 7) is 0. The van der Waals surface area contributed by atoms with Gasteiger partial charge in [-0.3, -0.25) is 4.79 Å². The summed E-state index contributed by atoms with van der Waals surface area (Å²) < 4.78 is 0. The van der Waals surface area contributed by atoms with Crippen LogP contribution in [0.25, 0.3) is 0 Å². The van der Waals surface area contributed by atoms with Crippen molar-refractivity contribution in [2.75, 3.05) is 0 Å². The fourth-order valence-electron chi connectivity index (χ4n) is 1.65. The molecule has 0 aliphatic heterocycles. The van der Waals surface area contributed by atoms with Crippen LogP contribution < -0.4 is 0 Å². The highest BCUT2D eigenvalue weighted by Crippen LogP contribution is 2.25. The zero-order valence-corrected chi connectivity index (χ0v) is 9.48. The van der Waals surface area contributed by atoms with E-state index in [1.165, 1.54) is 11.3 Å². The van der Waals surface area contributed by atoms with Gasteiger partial charge in [0.2, 0.25) is 0 Å². The lowest BCUT2D eigenvalue weighted by atomic mass is 9.98. The molecule has 82 valence electrons. The van der Waals surface area contributed by atoms with Crippen molar-refractivity contribution in [3.8, 4) is 0 Å². The Labute approximate surface area is 98.2 Å². The normalized spacial score (nSPS) is 12.2. The van der Waals surface area contributed by atoms with E-state index in [2.05, 4.69) is 0 Å². The first kappa shape index (κ1) is 10.9. The Morgan fingerprint density at radius 2 is 1.94 bits per heavy atom. The van der Waals surface area contributed by atoms with Crippen LogP contribution in [0, 0.1) is 0 Å². The Morgan fingerprint density at radius 3 is 2.50 bits per heavy atom. The molecule has 0 saturated carbocycles. The summed E-state index contributed by atoms with van der Waals surface area (Å²) in [6, 6.07) is 13.5. The van der Waals surface area contributed by atoms with Gasteiger partial charge >= 0.3 is 5.97 Å². The van der Waals surface area contributed by atoms with Crippen LogP contribution in [-0.2, 0) is 11.2 Å². The van der Waals surface area contributed by atoms with E-state index in [1.807, 2.05) is 47.8 Å². The third-order valence-corrected chi connectivity index (χ3v) is 3.45. The molecule has 2 rings (SSSR count). The van der Waals surface area contributed by atoms with Gasteiger partial charge in [-0.05, 0) is 23.4 Å². The van der Waals surface area contributed by atoms with E-state index >= 15 is 0 Å². The van der Waals surface area contributed by atoms with Crippen molar-refractivity contribution in [2.24, 2.45) is 0 Å². The number of rotatable bonds is 4. The Bertz CT molecular complexity index is 448. The van der Waals surface area contributed by atoms with Crippen LogP contribution in [0.4, 0.5) is 0 Å². The first-order valence-corrected chi connectivity index (χ1v) is 5.95. The second kappa shape index (κ2) is 4.94. The predicted octanol–water partition coefficient (Wildman–Crippen LogP) is 3.16. The molecule has 0 bridgehead atoms. The Morgan fingerprint density at radius 1 is 1.19 bits per heavy atom. The lowest BCUT2D eigenvalue weighted by Gasteiger charge is -2.10. The first-order chi connectivity index (χ1) is 7.77. The van der Waals surface area contributed by atoms with E-state index in [9.17, 15) is 9.90 Å². The minimum absolute atomic E-state index is 0.428. The summed E-state index contributed by atoms with van der Waals surface area (Å²) in [4.78, 5) is 12.1. The predicted molar refractivity (Wildman–Crippen MR) is 64.8 cm³/mol. The molecule has 0 amide bonds. The van der Waals surface area contributed by atoms with Gasteiger partial charge in [0.25, 0.3) is 0 Å². The summed E-state index contributed by atoms with van der Waals surface area (Å²) in [5, 5.41) is 11.1. The van der Waals surface area contributed by atoms with Crippen LogP contribution in [0.1, 0.15) is 16.4 Å². The summed E-state index contributed by atoms with van der Waals surface area (Å²) in [5.41, 5.74) is 1.06. The van der Waals surface area contributed by atoms with Crippen molar-refractivity contribution < 1.29 is 9.90 Å². The molecule has 0 aliphatic rings. The van der Waals surface area contributed by atoms with Crippen LogP contribution in [0.2, 0.25) is 0 Å². The second-order valence-electron chi connectivity index (χ2n) is 3.60. The van der Waals surface area contributed by atoms with Crippen LogP contribution >= 0.6 is 11.3 Å². The first-order valence-electron chi connectivity index (χ1n) is 5.07. The molecule has 1 heterocycles. The van der Waals surface area contributed by atoms with Gasteiger partial charge in [-0.25, -0.2) is 0 Å². The minimum atomic E-state index is -0.758. The summed E-state index contributed by atoms with van der Waals surface area (Å²) >= 11 is 1.50. The summed E-state index contributed by atoms with van der Waals surface area (Å²) in [6.07, 6.45) is 0.552. The number of hydrogen-bond donors (Lipinski definition) is 1. The standard InChI is InChI=1S/C13H12O2S/c14-13(15)11(12-7-4-8-16-12)9-10-5-2-1-3-6-10/h1-8,11H,9H2,(H,14,15). The van der Waals surface area contributed by atoms with E-state index in [4.69, 9.17) is 0 Å². The van der Waals surface area contributed by atoms with Crippen LogP contribution in [0.15, 0.2) is 47.8 Å². The van der Waals surface area contributed by atoms with Crippen molar-refractivity contribution in [1.82, 2.24) is 0 Å². The molecule has 0 aliphatic carbocycles. The molecular formula is C13H12O2S. The Balaban J connectivity index is 2.19. The maximum atomic E-state index is 11.2. The van der Waals surface area contributed by atoms with Gasteiger partial charge in [-0.1, -0.05) is 36.4 Å². The highest BCUT2D eigenvalue weighted by atomic mass is 32.1. The number of thiophene rings is 1. The Kier molecular flexibility index (Phi) is 3.37. The van der Waals surface area contributed by atoms with Gasteiger partial charge < -0.3 is 5.11 Å². The number of benzene rings is 1. The lowest BCUT2D eigenvalue weighted by Crippen LogP contribution is -2.13. The van der Waals surface area contributed by atoms with Gasteiger partial charge in [0.1, 0.15) is 0 Å². The van der Waals surface area contributed by atoms with E-state index in [0.717, 1.165) is 10.4 Å². The fourth-order valence-corrected chi connectivity index (χ4v) is 2.47. The van der Waals surface area contributed by atoms with Crippen LogP contribution in [-0.4, -0.2) is 11.1 Å². The maximum absolute atomic E-state index is 11.2. The monoisotopic (exact) mass is 232 g/mol. The SMILES string of the molecule is O=C(O)C(Cc1ccccc1)c1cccs1. The molecule has 0 spiro atoms. The van der Waals surface area contributed by atoms with Gasteiger partial charge in [0.05, 0.1) is 5.92 Å². The zero-order valence-electron chi connectivity index (χ0n) is 8.67. The molecular weight excluding hydrogens is 220 g/mol. The van der Waals surface area contributed by atoms with Crippen LogP contribution in [0.5, 0.6) is 0 Å². The van der Waals surface area contributed by atoms with Gasteiger partial charge in [-0.2, -0.15) is 0 Å². The summed E-state index contributed by atoms with van der Waals surface area (Å²) in [7, 11) is 0. The number of hydrogen-bond acceptors (Lipinski definition) is 2. The average Bonchev–Trinajstić information content (AvgIpc) is 2.80. The van der Waals surface area contributed by atoms with Crippen molar-refractivity contribution in [2.45, 2.75) is 12.3 Å². The molecule has 0 saturated heterocycles. The highest BCUT2D eigenvalue weighted by molar-refractivity contribution is 7.10. The number of carboxylic acids is 1. The van der Waals surface area contributed by atoms with Crippen molar-refractivity contribution in [3.05, 3.63) is 58.3 Å². The smallest absolute Gasteiger partial charge is 0.312 e. The molecule has 1 aromatic carbocycles. The average molecular weight is 232 g/mol. The highest BCUT2D eigenvalue weighted by Gasteiger charge is 2.20. The van der Waals surface area contributed by atoms with E-state index in [1.54, 1.807) is 0 Å². The number of carboxylic acid groups (broad SMARTS) is 1. The van der Waals surface area contributed by atoms with Gasteiger partial charge in [-0.15, -0.1) is 11.3 Å². The van der Waals surface area contributed by atoms with E-state index < -0.39 is 11.9 Å². The van der Waals surface area contributed by atoms with Crippen molar-refractivity contribution in [3.63, 3.8) is 0 Å². The topological polar surface area (TPSA) is 37.3 Å². The zero-order chi connectivity index (χ0) is 11.4. The molecule has 1 unspecified atom stereocenters. The van der Waals surface area contributed by atoms with Crippen LogP contribution in [0.3, 0.4) is 0 Å². The lowest BCUT2D eigenvalue weighted by molar-refractivity contribution is -0.138. The largest absolute Gasteiger partial charge is 0.481 e. The van der Waals surface area contributed by atoms with Gasteiger partial charge in [0, 0.05) is 4.88 Å². The maximum Gasteiger partial charge on any atom is 0.312 e. The molecule has 2 aromatic rings. The van der Waals surface area contributed by atoms with Crippen molar-refractivity contribution >= 4 is 17.3 Å². The molecule has 1 aromatic heterocycles. The number of carbonyl (C=O) groups is 1. The Hall–Kier alpha value is -1.61. The molecule has 0 fully saturated rings.